The lowest BCUT2D eigenvalue weighted by atomic mass is 9.86. The van der Waals surface area contributed by atoms with Crippen molar-refractivity contribution in [3.05, 3.63) is 0 Å². The largest absolute Gasteiger partial charge is 0.376 e. The summed E-state index contributed by atoms with van der Waals surface area (Å²) in [5.41, 5.74) is 6.25. The van der Waals surface area contributed by atoms with Gasteiger partial charge in [0.15, 0.2) is 0 Å². The predicted molar refractivity (Wildman–Crippen MR) is 72.6 cm³/mol. The molecule has 3 aliphatic rings. The van der Waals surface area contributed by atoms with E-state index < -0.39 is 0 Å². The lowest BCUT2D eigenvalue weighted by Gasteiger charge is -2.52. The molecule has 104 valence electrons. The molecule has 2 N–H and O–H groups in total. The Morgan fingerprint density at radius 1 is 1.33 bits per heavy atom. The molecule has 3 fully saturated rings. The third-order valence-corrected chi connectivity index (χ3v) is 5.52. The van der Waals surface area contributed by atoms with Crippen molar-refractivity contribution in [2.75, 3.05) is 32.8 Å². The number of hydrogen-bond donors (Lipinski definition) is 1. The molecule has 0 bridgehead atoms. The Labute approximate surface area is 110 Å². The Morgan fingerprint density at radius 2 is 2.17 bits per heavy atom. The fraction of sp³-hybridized carbons (Fsp3) is 1.00. The van der Waals surface area contributed by atoms with Crippen LogP contribution in [0, 0.1) is 0 Å². The van der Waals surface area contributed by atoms with Gasteiger partial charge < -0.3 is 10.5 Å². The van der Waals surface area contributed by atoms with Crippen LogP contribution >= 0.6 is 0 Å². The quantitative estimate of drug-likeness (QED) is 0.785. The van der Waals surface area contributed by atoms with E-state index in [2.05, 4.69) is 23.6 Å². The maximum atomic E-state index is 6.15. The van der Waals surface area contributed by atoms with Crippen molar-refractivity contribution < 1.29 is 4.74 Å². The molecule has 3 saturated heterocycles. The van der Waals surface area contributed by atoms with Crippen LogP contribution in [-0.4, -0.2) is 66.3 Å². The molecule has 4 nitrogen and oxygen atoms in total. The Kier molecular flexibility index (Phi) is 3.39. The van der Waals surface area contributed by atoms with E-state index in [1.54, 1.807) is 0 Å². The molecule has 0 aromatic heterocycles. The SMILES string of the molecule is CC1CN2CCCC2CN1C1(CN)CCOC1C. The Balaban J connectivity index is 1.81. The molecule has 0 saturated carbocycles. The monoisotopic (exact) mass is 253 g/mol. The number of hydrogen-bond acceptors (Lipinski definition) is 4. The highest BCUT2D eigenvalue weighted by molar-refractivity contribution is 5.05. The van der Waals surface area contributed by atoms with Crippen LogP contribution in [0.1, 0.15) is 33.1 Å². The number of rotatable bonds is 2. The van der Waals surface area contributed by atoms with Gasteiger partial charge in [-0.25, -0.2) is 0 Å². The van der Waals surface area contributed by atoms with Crippen molar-refractivity contribution in [1.82, 2.24) is 9.80 Å². The third kappa shape index (κ3) is 1.82. The standard InChI is InChI=1S/C14H27N3O/c1-11-8-16-6-3-4-13(16)9-17(11)14(10-15)5-7-18-12(14)2/h11-13H,3-10,15H2,1-2H3. The summed E-state index contributed by atoms with van der Waals surface area (Å²) in [4.78, 5) is 5.35. The number of nitrogens with two attached hydrogens (primary N) is 1. The molecule has 0 aromatic rings. The summed E-state index contributed by atoms with van der Waals surface area (Å²) in [6, 6.07) is 1.37. The first-order chi connectivity index (χ1) is 8.67. The van der Waals surface area contributed by atoms with Crippen molar-refractivity contribution in [2.24, 2.45) is 5.73 Å². The summed E-state index contributed by atoms with van der Waals surface area (Å²) in [6.07, 6.45) is 4.10. The van der Waals surface area contributed by atoms with Crippen molar-refractivity contribution in [2.45, 2.75) is 56.8 Å². The molecular formula is C14H27N3O. The van der Waals surface area contributed by atoms with E-state index in [9.17, 15) is 0 Å². The van der Waals surface area contributed by atoms with Crippen LogP contribution in [0.15, 0.2) is 0 Å². The van der Waals surface area contributed by atoms with E-state index in [4.69, 9.17) is 10.5 Å². The maximum Gasteiger partial charge on any atom is 0.0743 e. The van der Waals surface area contributed by atoms with E-state index in [0.29, 0.717) is 6.04 Å². The van der Waals surface area contributed by atoms with Crippen LogP contribution in [0.25, 0.3) is 0 Å². The van der Waals surface area contributed by atoms with Gasteiger partial charge in [0.2, 0.25) is 0 Å². The van der Waals surface area contributed by atoms with Crippen LogP contribution in [0.2, 0.25) is 0 Å². The maximum absolute atomic E-state index is 6.15. The van der Waals surface area contributed by atoms with Gasteiger partial charge in [-0.15, -0.1) is 0 Å². The summed E-state index contributed by atoms with van der Waals surface area (Å²) in [6.45, 7) is 9.85. The second kappa shape index (κ2) is 4.75. The Morgan fingerprint density at radius 3 is 2.83 bits per heavy atom. The molecule has 4 heteroatoms. The first-order valence-corrected chi connectivity index (χ1v) is 7.50. The van der Waals surface area contributed by atoms with Gasteiger partial charge in [-0.2, -0.15) is 0 Å². The first-order valence-electron chi connectivity index (χ1n) is 7.50. The minimum Gasteiger partial charge on any atom is -0.376 e. The van der Waals surface area contributed by atoms with Gasteiger partial charge in [0.05, 0.1) is 11.6 Å². The van der Waals surface area contributed by atoms with E-state index in [0.717, 1.165) is 25.6 Å². The third-order valence-electron chi connectivity index (χ3n) is 5.52. The number of nitrogens with zero attached hydrogens (tertiary/aromatic N) is 2. The Hall–Kier alpha value is -0.160. The fourth-order valence-electron chi connectivity index (χ4n) is 4.34. The fourth-order valence-corrected chi connectivity index (χ4v) is 4.34. The van der Waals surface area contributed by atoms with E-state index in [1.807, 2.05) is 0 Å². The van der Waals surface area contributed by atoms with E-state index >= 15 is 0 Å². The molecule has 3 aliphatic heterocycles. The van der Waals surface area contributed by atoms with Gasteiger partial charge in [-0.05, 0) is 39.7 Å². The topological polar surface area (TPSA) is 41.7 Å². The van der Waals surface area contributed by atoms with Gasteiger partial charge in [0, 0.05) is 38.3 Å². The van der Waals surface area contributed by atoms with Gasteiger partial charge in [-0.1, -0.05) is 0 Å². The number of piperazine rings is 1. The Bertz CT molecular complexity index is 311. The van der Waals surface area contributed by atoms with E-state index in [1.165, 1.54) is 32.5 Å². The van der Waals surface area contributed by atoms with Crippen LogP contribution in [-0.2, 0) is 4.74 Å². The van der Waals surface area contributed by atoms with Gasteiger partial charge in [-0.3, -0.25) is 9.80 Å². The van der Waals surface area contributed by atoms with Gasteiger partial charge in [0.25, 0.3) is 0 Å². The average molecular weight is 253 g/mol. The van der Waals surface area contributed by atoms with Crippen LogP contribution < -0.4 is 5.73 Å². The number of ether oxygens (including phenoxy) is 1. The highest BCUT2D eigenvalue weighted by Crippen LogP contribution is 2.37. The van der Waals surface area contributed by atoms with Gasteiger partial charge >= 0.3 is 0 Å². The molecule has 0 amide bonds. The second-order valence-corrected chi connectivity index (χ2v) is 6.36. The zero-order valence-corrected chi connectivity index (χ0v) is 11.8. The lowest BCUT2D eigenvalue weighted by Crippen LogP contribution is -2.67. The molecule has 0 radical (unpaired) electrons. The predicted octanol–water partition coefficient (Wildman–Crippen LogP) is 0.661. The van der Waals surface area contributed by atoms with Crippen molar-refractivity contribution in [3.63, 3.8) is 0 Å². The smallest absolute Gasteiger partial charge is 0.0743 e. The average Bonchev–Trinajstić information content (AvgIpc) is 2.94. The molecule has 18 heavy (non-hydrogen) atoms. The summed E-state index contributed by atoms with van der Waals surface area (Å²) < 4.78 is 5.84. The molecule has 4 atom stereocenters. The highest BCUT2D eigenvalue weighted by Gasteiger charge is 2.50. The van der Waals surface area contributed by atoms with Gasteiger partial charge in [0.1, 0.15) is 0 Å². The highest BCUT2D eigenvalue weighted by atomic mass is 16.5. The zero-order valence-electron chi connectivity index (χ0n) is 11.8. The summed E-state index contributed by atoms with van der Waals surface area (Å²) in [5.74, 6) is 0. The molecular weight excluding hydrogens is 226 g/mol. The molecule has 0 aliphatic carbocycles. The molecule has 3 heterocycles. The van der Waals surface area contributed by atoms with Crippen molar-refractivity contribution in [3.8, 4) is 0 Å². The normalized spacial score (nSPS) is 46.5. The molecule has 4 unspecified atom stereocenters. The summed E-state index contributed by atoms with van der Waals surface area (Å²) in [7, 11) is 0. The van der Waals surface area contributed by atoms with Crippen LogP contribution in [0.5, 0.6) is 0 Å². The second-order valence-electron chi connectivity index (χ2n) is 6.36. The molecule has 0 aromatic carbocycles. The number of fused-ring (bicyclic) bond motifs is 1. The molecule has 0 spiro atoms. The van der Waals surface area contributed by atoms with E-state index in [-0.39, 0.29) is 11.6 Å². The lowest BCUT2D eigenvalue weighted by molar-refractivity contribution is -0.0511. The summed E-state index contributed by atoms with van der Waals surface area (Å²) in [5, 5.41) is 0. The minimum atomic E-state index is 0.0914. The first kappa shape index (κ1) is 12.9. The zero-order chi connectivity index (χ0) is 12.8. The summed E-state index contributed by atoms with van der Waals surface area (Å²) >= 11 is 0. The van der Waals surface area contributed by atoms with Crippen LogP contribution in [0.4, 0.5) is 0 Å². The molecule has 3 rings (SSSR count). The van der Waals surface area contributed by atoms with Crippen LogP contribution in [0.3, 0.4) is 0 Å². The minimum absolute atomic E-state index is 0.0914. The van der Waals surface area contributed by atoms with Crippen molar-refractivity contribution >= 4 is 0 Å². The van der Waals surface area contributed by atoms with Crippen molar-refractivity contribution in [1.29, 1.82) is 0 Å².